The molecule has 2 unspecified atom stereocenters. The highest BCUT2D eigenvalue weighted by atomic mass is 15.0. The van der Waals surface area contributed by atoms with E-state index in [0.717, 1.165) is 0 Å². The highest BCUT2D eigenvalue weighted by molar-refractivity contribution is 5.24. The van der Waals surface area contributed by atoms with E-state index in [4.69, 9.17) is 5.73 Å². The van der Waals surface area contributed by atoms with Crippen LogP contribution in [0, 0.1) is 0 Å². The summed E-state index contributed by atoms with van der Waals surface area (Å²) in [6.07, 6.45) is -0.181. The summed E-state index contributed by atoms with van der Waals surface area (Å²) in [6, 6.07) is 0.215. The zero-order valence-electron chi connectivity index (χ0n) is 5.39. The fraction of sp³-hybridized carbons (Fsp3) is 0.800. The molecule has 0 heterocycles. The van der Waals surface area contributed by atoms with E-state index in [2.05, 4.69) is 17.0 Å². The molecule has 0 fully saturated rings. The molecule has 8 heavy (non-hydrogen) atoms. The quantitative estimate of drug-likeness (QED) is 0.491. The number of nitrogens with two attached hydrogens (primary N) is 1. The maximum atomic E-state index is 5.44. The standard InChI is InChI=1S/C5H13N3/c1-4(7-2)5(6)8-3/h4-5,7H,3,6H2,1-2H3. The Morgan fingerprint density at radius 2 is 2.25 bits per heavy atom. The number of rotatable bonds is 3. The second kappa shape index (κ2) is 3.57. The molecular formula is C5H13N3. The van der Waals surface area contributed by atoms with E-state index in [-0.39, 0.29) is 12.2 Å². The Hall–Kier alpha value is -0.410. The second-order valence-electron chi connectivity index (χ2n) is 1.75. The van der Waals surface area contributed by atoms with Gasteiger partial charge in [-0.1, -0.05) is 0 Å². The van der Waals surface area contributed by atoms with Gasteiger partial charge in [-0.15, -0.1) is 0 Å². The average molecular weight is 115 g/mol. The van der Waals surface area contributed by atoms with E-state index in [1.807, 2.05) is 14.0 Å². The molecule has 0 aliphatic carbocycles. The van der Waals surface area contributed by atoms with Gasteiger partial charge in [-0.25, -0.2) is 0 Å². The van der Waals surface area contributed by atoms with Crippen molar-refractivity contribution in [2.24, 2.45) is 10.7 Å². The summed E-state index contributed by atoms with van der Waals surface area (Å²) in [5, 5.41) is 2.96. The Bertz CT molecular complexity index is 72.1. The summed E-state index contributed by atoms with van der Waals surface area (Å²) in [5.74, 6) is 0. The van der Waals surface area contributed by atoms with Crippen LogP contribution >= 0.6 is 0 Å². The third-order valence-corrected chi connectivity index (χ3v) is 1.18. The first-order chi connectivity index (χ1) is 3.72. The van der Waals surface area contributed by atoms with Gasteiger partial charge in [0.1, 0.15) is 6.17 Å². The minimum atomic E-state index is -0.181. The lowest BCUT2D eigenvalue weighted by atomic mass is 10.3. The molecule has 0 saturated carbocycles. The van der Waals surface area contributed by atoms with Gasteiger partial charge in [-0.3, -0.25) is 4.99 Å². The van der Waals surface area contributed by atoms with E-state index < -0.39 is 0 Å². The molecule has 48 valence electrons. The van der Waals surface area contributed by atoms with Crippen LogP contribution in [-0.4, -0.2) is 26.0 Å². The van der Waals surface area contributed by atoms with E-state index >= 15 is 0 Å². The number of hydrogen-bond donors (Lipinski definition) is 2. The molecule has 3 N–H and O–H groups in total. The number of likely N-dealkylation sites (N-methyl/N-ethyl adjacent to an activating group) is 1. The molecule has 0 aromatic heterocycles. The monoisotopic (exact) mass is 115 g/mol. The van der Waals surface area contributed by atoms with Gasteiger partial charge in [0.25, 0.3) is 0 Å². The van der Waals surface area contributed by atoms with Crippen LogP contribution in [0.1, 0.15) is 6.92 Å². The fourth-order valence-corrected chi connectivity index (χ4v) is 0.329. The summed E-state index contributed by atoms with van der Waals surface area (Å²) in [5.41, 5.74) is 5.44. The van der Waals surface area contributed by atoms with Gasteiger partial charge in [-0.05, 0) is 20.7 Å². The molecular weight excluding hydrogens is 102 g/mol. The van der Waals surface area contributed by atoms with Crippen LogP contribution in [0.4, 0.5) is 0 Å². The molecule has 0 amide bonds. The molecule has 0 aromatic rings. The van der Waals surface area contributed by atoms with E-state index in [9.17, 15) is 0 Å². The molecule has 0 aromatic carbocycles. The highest BCUT2D eigenvalue weighted by Gasteiger charge is 2.04. The Morgan fingerprint density at radius 3 is 2.38 bits per heavy atom. The second-order valence-corrected chi connectivity index (χ2v) is 1.75. The first-order valence-electron chi connectivity index (χ1n) is 2.61. The molecule has 0 bridgehead atoms. The third kappa shape index (κ3) is 2.04. The van der Waals surface area contributed by atoms with Crippen molar-refractivity contribution in [2.45, 2.75) is 19.1 Å². The maximum Gasteiger partial charge on any atom is 0.111 e. The van der Waals surface area contributed by atoms with Gasteiger partial charge < -0.3 is 11.1 Å². The van der Waals surface area contributed by atoms with E-state index in [1.54, 1.807) is 0 Å². The smallest absolute Gasteiger partial charge is 0.111 e. The van der Waals surface area contributed by atoms with Crippen molar-refractivity contribution in [3.05, 3.63) is 0 Å². The Balaban J connectivity index is 3.44. The lowest BCUT2D eigenvalue weighted by Crippen LogP contribution is -2.39. The minimum Gasteiger partial charge on any atom is -0.314 e. The molecule has 0 spiro atoms. The zero-order valence-corrected chi connectivity index (χ0v) is 5.39. The third-order valence-electron chi connectivity index (χ3n) is 1.18. The number of aliphatic imine (C=N–C) groups is 1. The van der Waals surface area contributed by atoms with Crippen LogP contribution in [0.2, 0.25) is 0 Å². The van der Waals surface area contributed by atoms with Crippen molar-refractivity contribution >= 4 is 6.72 Å². The molecule has 0 radical (unpaired) electrons. The molecule has 0 rings (SSSR count). The largest absolute Gasteiger partial charge is 0.314 e. The lowest BCUT2D eigenvalue weighted by Gasteiger charge is -2.13. The summed E-state index contributed by atoms with van der Waals surface area (Å²) in [7, 11) is 1.84. The van der Waals surface area contributed by atoms with Crippen molar-refractivity contribution < 1.29 is 0 Å². The zero-order chi connectivity index (χ0) is 6.57. The van der Waals surface area contributed by atoms with Crippen LogP contribution in [0.25, 0.3) is 0 Å². The molecule has 3 nitrogen and oxygen atoms in total. The van der Waals surface area contributed by atoms with Crippen molar-refractivity contribution in [1.29, 1.82) is 0 Å². The number of nitrogens with zero attached hydrogens (tertiary/aromatic N) is 1. The van der Waals surface area contributed by atoms with Crippen LogP contribution < -0.4 is 11.1 Å². The number of hydrogen-bond acceptors (Lipinski definition) is 3. The predicted octanol–water partition coefficient (Wildman–Crippen LogP) is -0.420. The van der Waals surface area contributed by atoms with Crippen LogP contribution in [0.15, 0.2) is 4.99 Å². The van der Waals surface area contributed by atoms with Gasteiger partial charge >= 0.3 is 0 Å². The first kappa shape index (κ1) is 7.59. The van der Waals surface area contributed by atoms with Crippen molar-refractivity contribution in [2.75, 3.05) is 7.05 Å². The molecule has 0 aliphatic rings. The summed E-state index contributed by atoms with van der Waals surface area (Å²) in [6.45, 7) is 5.27. The van der Waals surface area contributed by atoms with Gasteiger partial charge in [0.2, 0.25) is 0 Å². The van der Waals surface area contributed by atoms with Gasteiger partial charge in [-0.2, -0.15) is 0 Å². The predicted molar refractivity (Wildman–Crippen MR) is 36.0 cm³/mol. The van der Waals surface area contributed by atoms with E-state index in [0.29, 0.717) is 0 Å². The van der Waals surface area contributed by atoms with Crippen molar-refractivity contribution in [1.82, 2.24) is 5.32 Å². The van der Waals surface area contributed by atoms with Crippen molar-refractivity contribution in [3.8, 4) is 0 Å². The van der Waals surface area contributed by atoms with Crippen LogP contribution in [0.3, 0.4) is 0 Å². The minimum absolute atomic E-state index is 0.181. The summed E-state index contributed by atoms with van der Waals surface area (Å²) < 4.78 is 0. The van der Waals surface area contributed by atoms with Crippen LogP contribution in [-0.2, 0) is 0 Å². The highest BCUT2D eigenvalue weighted by Crippen LogP contribution is 1.86. The SMILES string of the molecule is C=NC(N)C(C)NC. The topological polar surface area (TPSA) is 50.4 Å². The normalized spacial score (nSPS) is 17.4. The lowest BCUT2D eigenvalue weighted by molar-refractivity contribution is 0.507. The Kier molecular flexibility index (Phi) is 3.39. The molecule has 2 atom stereocenters. The van der Waals surface area contributed by atoms with Gasteiger partial charge in [0.05, 0.1) is 0 Å². The summed E-state index contributed by atoms with van der Waals surface area (Å²) in [4.78, 5) is 3.62. The molecule has 0 aliphatic heterocycles. The molecule has 3 heteroatoms. The van der Waals surface area contributed by atoms with E-state index in [1.165, 1.54) is 0 Å². The fourth-order valence-electron chi connectivity index (χ4n) is 0.329. The molecule has 0 saturated heterocycles. The van der Waals surface area contributed by atoms with Crippen molar-refractivity contribution in [3.63, 3.8) is 0 Å². The van der Waals surface area contributed by atoms with Gasteiger partial charge in [0.15, 0.2) is 0 Å². The maximum absolute atomic E-state index is 5.44. The Morgan fingerprint density at radius 1 is 1.75 bits per heavy atom. The first-order valence-corrected chi connectivity index (χ1v) is 2.61. The Labute approximate surface area is 50.0 Å². The number of nitrogens with one attached hydrogen (secondary N) is 1. The summed E-state index contributed by atoms with van der Waals surface area (Å²) >= 11 is 0. The van der Waals surface area contributed by atoms with Crippen LogP contribution in [0.5, 0.6) is 0 Å². The average Bonchev–Trinajstić information content (AvgIpc) is 1.84. The van der Waals surface area contributed by atoms with Gasteiger partial charge in [0, 0.05) is 6.04 Å².